The molecule has 3 aromatic heterocycles. The molecule has 0 saturated heterocycles. The molecule has 0 bridgehead atoms. The highest BCUT2D eigenvalue weighted by atomic mass is 32.1. The molecule has 0 atom stereocenters. The van der Waals surface area contributed by atoms with Gasteiger partial charge in [0.25, 0.3) is 11.5 Å². The summed E-state index contributed by atoms with van der Waals surface area (Å²) in [5.41, 5.74) is 1.43. The summed E-state index contributed by atoms with van der Waals surface area (Å²) in [4.78, 5) is 49.9. The number of thiazole rings is 1. The van der Waals surface area contributed by atoms with E-state index in [9.17, 15) is 14.4 Å². The van der Waals surface area contributed by atoms with Crippen molar-refractivity contribution in [2.75, 3.05) is 11.9 Å². The predicted octanol–water partition coefficient (Wildman–Crippen LogP) is 3.14. The summed E-state index contributed by atoms with van der Waals surface area (Å²) in [5.74, 6) is -0.193. The van der Waals surface area contributed by atoms with Crippen LogP contribution >= 0.6 is 22.7 Å². The zero-order valence-electron chi connectivity index (χ0n) is 17.0. The largest absolute Gasteiger partial charge is 0.337 e. The second-order valence-corrected chi connectivity index (χ2v) is 9.43. The third-order valence-electron chi connectivity index (χ3n) is 5.35. The topological polar surface area (TPSA) is 97.2 Å². The van der Waals surface area contributed by atoms with Crippen molar-refractivity contribution < 1.29 is 9.59 Å². The van der Waals surface area contributed by atoms with Crippen LogP contribution in [0.1, 0.15) is 26.7 Å². The molecule has 5 rings (SSSR count). The first-order chi connectivity index (χ1) is 15.6. The zero-order chi connectivity index (χ0) is 22.1. The SMILES string of the molecule is O=C(Nc1nc2c(s1)CN(C(=O)CCn1cnc3ccccc3c1=O)CC2)c1cccs1. The number of nitrogens with one attached hydrogen (secondary N) is 1. The van der Waals surface area contributed by atoms with Crippen LogP contribution in [0, 0.1) is 0 Å². The van der Waals surface area contributed by atoms with Gasteiger partial charge in [-0.3, -0.25) is 24.3 Å². The minimum absolute atomic E-state index is 0.0201. The van der Waals surface area contributed by atoms with Crippen LogP contribution in [0.3, 0.4) is 0 Å². The van der Waals surface area contributed by atoms with Crippen LogP contribution in [-0.2, 0) is 24.3 Å². The lowest BCUT2D eigenvalue weighted by Gasteiger charge is -2.26. The summed E-state index contributed by atoms with van der Waals surface area (Å²) in [6, 6.07) is 10.8. The zero-order valence-corrected chi connectivity index (χ0v) is 18.6. The number of carbonyl (C=O) groups excluding carboxylic acids is 2. The molecular formula is C22H19N5O3S2. The maximum atomic E-state index is 12.8. The van der Waals surface area contributed by atoms with Crippen LogP contribution < -0.4 is 10.9 Å². The third-order valence-corrected chi connectivity index (χ3v) is 7.21. The van der Waals surface area contributed by atoms with Crippen molar-refractivity contribution in [3.8, 4) is 0 Å². The molecule has 2 amide bonds. The molecule has 4 heterocycles. The number of carbonyl (C=O) groups is 2. The maximum Gasteiger partial charge on any atom is 0.267 e. The number of hydrogen-bond donors (Lipinski definition) is 1. The minimum Gasteiger partial charge on any atom is -0.337 e. The number of hydrogen-bond acceptors (Lipinski definition) is 7. The lowest BCUT2D eigenvalue weighted by atomic mass is 10.1. The van der Waals surface area contributed by atoms with E-state index >= 15 is 0 Å². The highest BCUT2D eigenvalue weighted by Crippen LogP contribution is 2.29. The Kier molecular flexibility index (Phi) is 5.54. The van der Waals surface area contributed by atoms with Crippen molar-refractivity contribution in [1.29, 1.82) is 0 Å². The van der Waals surface area contributed by atoms with Crippen molar-refractivity contribution >= 4 is 50.5 Å². The number of amides is 2. The van der Waals surface area contributed by atoms with Gasteiger partial charge in [0.15, 0.2) is 5.13 Å². The number of nitrogens with zero attached hydrogens (tertiary/aromatic N) is 4. The number of para-hydroxylation sites is 1. The van der Waals surface area contributed by atoms with Gasteiger partial charge in [0.2, 0.25) is 5.91 Å². The average Bonchev–Trinajstić information content (AvgIpc) is 3.48. The first-order valence-corrected chi connectivity index (χ1v) is 11.8. The fourth-order valence-electron chi connectivity index (χ4n) is 3.67. The molecule has 1 N–H and O–H groups in total. The Bertz CT molecular complexity index is 1360. The second-order valence-electron chi connectivity index (χ2n) is 7.40. The molecule has 1 aromatic carbocycles. The molecule has 32 heavy (non-hydrogen) atoms. The highest BCUT2D eigenvalue weighted by Gasteiger charge is 2.24. The maximum absolute atomic E-state index is 12.8. The van der Waals surface area contributed by atoms with Crippen LogP contribution in [-0.4, -0.2) is 37.8 Å². The van der Waals surface area contributed by atoms with Gasteiger partial charge in [-0.1, -0.05) is 29.5 Å². The van der Waals surface area contributed by atoms with Gasteiger partial charge in [-0.15, -0.1) is 11.3 Å². The lowest BCUT2D eigenvalue weighted by molar-refractivity contribution is -0.132. The number of anilines is 1. The summed E-state index contributed by atoms with van der Waals surface area (Å²) in [5, 5.41) is 5.80. The van der Waals surface area contributed by atoms with Crippen LogP contribution in [0.4, 0.5) is 5.13 Å². The molecule has 162 valence electrons. The molecule has 4 aromatic rings. The molecule has 0 fully saturated rings. The van der Waals surface area contributed by atoms with E-state index in [4.69, 9.17) is 0 Å². The fraction of sp³-hybridized carbons (Fsp3) is 0.227. The lowest BCUT2D eigenvalue weighted by Crippen LogP contribution is -2.36. The Morgan fingerprint density at radius 2 is 2.03 bits per heavy atom. The van der Waals surface area contributed by atoms with Gasteiger partial charge < -0.3 is 4.90 Å². The Balaban J connectivity index is 1.22. The van der Waals surface area contributed by atoms with Gasteiger partial charge in [-0.2, -0.15) is 0 Å². The van der Waals surface area contributed by atoms with E-state index in [1.807, 2.05) is 17.5 Å². The van der Waals surface area contributed by atoms with Crippen molar-refractivity contribution in [2.45, 2.75) is 25.9 Å². The third kappa shape index (κ3) is 4.06. The van der Waals surface area contributed by atoms with Crippen LogP contribution in [0.25, 0.3) is 10.9 Å². The van der Waals surface area contributed by atoms with E-state index in [1.165, 1.54) is 33.6 Å². The summed E-state index contributed by atoms with van der Waals surface area (Å²) >= 11 is 2.78. The predicted molar refractivity (Wildman–Crippen MR) is 124 cm³/mol. The van der Waals surface area contributed by atoms with Gasteiger partial charge in [0.1, 0.15) is 0 Å². The summed E-state index contributed by atoms with van der Waals surface area (Å²) in [6.45, 7) is 1.31. The van der Waals surface area contributed by atoms with Gasteiger partial charge in [0.05, 0.1) is 34.3 Å². The van der Waals surface area contributed by atoms with Crippen molar-refractivity contribution in [2.24, 2.45) is 0 Å². The first kappa shape index (κ1) is 20.5. The first-order valence-electron chi connectivity index (χ1n) is 10.1. The van der Waals surface area contributed by atoms with E-state index in [2.05, 4.69) is 15.3 Å². The van der Waals surface area contributed by atoms with Crippen LogP contribution in [0.5, 0.6) is 0 Å². The summed E-state index contributed by atoms with van der Waals surface area (Å²) in [7, 11) is 0. The molecule has 0 radical (unpaired) electrons. The van der Waals surface area contributed by atoms with E-state index in [-0.39, 0.29) is 30.3 Å². The standard InChI is InChI=1S/C22H19N5O3S2/c28-19(8-10-27-13-23-15-5-2-1-4-14(15)21(27)30)26-9-7-16-18(12-26)32-22(24-16)25-20(29)17-6-3-11-31-17/h1-6,11,13H,7-10,12H2,(H,24,25,29). The van der Waals surface area contributed by atoms with Crippen LogP contribution in [0.15, 0.2) is 52.9 Å². The smallest absolute Gasteiger partial charge is 0.267 e. The van der Waals surface area contributed by atoms with Gasteiger partial charge in [-0.25, -0.2) is 9.97 Å². The van der Waals surface area contributed by atoms with E-state index in [0.717, 1.165) is 10.6 Å². The van der Waals surface area contributed by atoms with Crippen molar-refractivity contribution in [3.63, 3.8) is 0 Å². The summed E-state index contributed by atoms with van der Waals surface area (Å²) < 4.78 is 1.49. The van der Waals surface area contributed by atoms with E-state index in [1.54, 1.807) is 29.2 Å². The number of rotatable bonds is 5. The quantitative estimate of drug-likeness (QED) is 0.488. The monoisotopic (exact) mass is 465 g/mol. The van der Waals surface area contributed by atoms with Crippen molar-refractivity contribution in [1.82, 2.24) is 19.4 Å². The van der Waals surface area contributed by atoms with Gasteiger partial charge in [0, 0.05) is 30.8 Å². The number of aromatic nitrogens is 3. The fourth-order valence-corrected chi connectivity index (χ4v) is 5.31. The molecule has 1 aliphatic heterocycles. The molecule has 0 saturated carbocycles. The van der Waals surface area contributed by atoms with Gasteiger partial charge in [-0.05, 0) is 23.6 Å². The van der Waals surface area contributed by atoms with Gasteiger partial charge >= 0.3 is 0 Å². The molecule has 10 heteroatoms. The Morgan fingerprint density at radius 3 is 2.88 bits per heavy atom. The number of fused-ring (bicyclic) bond motifs is 2. The Labute approximate surface area is 191 Å². The molecular weight excluding hydrogens is 446 g/mol. The molecule has 8 nitrogen and oxygen atoms in total. The molecule has 0 aliphatic carbocycles. The molecule has 0 unspecified atom stereocenters. The van der Waals surface area contributed by atoms with E-state index in [0.29, 0.717) is 40.4 Å². The Morgan fingerprint density at radius 1 is 1.16 bits per heavy atom. The number of aryl methyl sites for hydroxylation is 1. The molecule has 0 spiro atoms. The highest BCUT2D eigenvalue weighted by molar-refractivity contribution is 7.16. The van der Waals surface area contributed by atoms with Crippen molar-refractivity contribution in [3.05, 3.63) is 73.9 Å². The molecule has 1 aliphatic rings. The minimum atomic E-state index is -0.173. The Hall–Kier alpha value is -3.37. The number of benzene rings is 1. The second kappa shape index (κ2) is 8.64. The number of thiophene rings is 1. The van der Waals surface area contributed by atoms with Crippen LogP contribution in [0.2, 0.25) is 0 Å². The van der Waals surface area contributed by atoms with E-state index < -0.39 is 0 Å². The average molecular weight is 466 g/mol. The normalized spacial score (nSPS) is 13.2. The summed E-state index contributed by atoms with van der Waals surface area (Å²) in [6.07, 6.45) is 2.36.